The van der Waals surface area contributed by atoms with Crippen LogP contribution in [0, 0.1) is 11.7 Å². The molecule has 154 valence electrons. The molecule has 4 nitrogen and oxygen atoms in total. The van der Waals surface area contributed by atoms with Crippen molar-refractivity contribution in [2.24, 2.45) is 5.92 Å². The summed E-state index contributed by atoms with van der Waals surface area (Å²) in [6, 6.07) is 15.3. The van der Waals surface area contributed by atoms with Crippen LogP contribution in [0.25, 0.3) is 0 Å². The summed E-state index contributed by atoms with van der Waals surface area (Å²) in [5, 5.41) is 8.63. The lowest BCUT2D eigenvalue weighted by Gasteiger charge is -2.21. The molecule has 2 aromatic carbocycles. The molecule has 2 aromatic rings. The number of hydrogen-bond acceptors (Lipinski definition) is 4. The third-order valence-corrected chi connectivity index (χ3v) is 4.21. The molecule has 0 aliphatic rings. The third-order valence-electron chi connectivity index (χ3n) is 4.21. The maximum atomic E-state index is 12.9. The van der Waals surface area contributed by atoms with Gasteiger partial charge in [-0.1, -0.05) is 37.3 Å². The average molecular weight is 390 g/mol. The van der Waals surface area contributed by atoms with Gasteiger partial charge < -0.3 is 14.6 Å². The molecule has 0 saturated heterocycles. The maximum Gasteiger partial charge on any atom is 0.305 e. The highest BCUT2D eigenvalue weighted by Gasteiger charge is 2.16. The van der Waals surface area contributed by atoms with Gasteiger partial charge in [0, 0.05) is 20.1 Å². The van der Waals surface area contributed by atoms with Gasteiger partial charge in [0.05, 0.1) is 6.10 Å². The Balaban J connectivity index is 0.000000467. The summed E-state index contributed by atoms with van der Waals surface area (Å²) >= 11 is 0. The van der Waals surface area contributed by atoms with Crippen molar-refractivity contribution in [2.75, 3.05) is 13.7 Å². The summed E-state index contributed by atoms with van der Waals surface area (Å²) in [6.45, 7) is 4.37. The van der Waals surface area contributed by atoms with Crippen LogP contribution >= 0.6 is 0 Å². The Kier molecular flexibility index (Phi) is 11.6. The van der Waals surface area contributed by atoms with Crippen LogP contribution in [0.4, 0.5) is 4.39 Å². The summed E-state index contributed by atoms with van der Waals surface area (Å²) in [7, 11) is 1.68. The molecule has 5 heteroatoms. The molecule has 0 aromatic heterocycles. The normalized spacial score (nSPS) is 12.4. The van der Waals surface area contributed by atoms with Crippen molar-refractivity contribution in [3.63, 3.8) is 0 Å². The minimum Gasteiger partial charge on any atom is -0.508 e. The fourth-order valence-electron chi connectivity index (χ4n) is 2.79. The summed E-state index contributed by atoms with van der Waals surface area (Å²) in [6.07, 6.45) is 2.79. The Hall–Kier alpha value is -2.40. The van der Waals surface area contributed by atoms with Crippen LogP contribution in [0.3, 0.4) is 0 Å². The van der Waals surface area contributed by atoms with Gasteiger partial charge in [0.1, 0.15) is 11.6 Å². The number of phenolic OH excluding ortho intramolecular Hbond substituents is 1. The van der Waals surface area contributed by atoms with E-state index in [0.29, 0.717) is 24.7 Å². The van der Waals surface area contributed by atoms with Crippen molar-refractivity contribution in [1.29, 1.82) is 0 Å². The lowest BCUT2D eigenvalue weighted by Crippen LogP contribution is -2.20. The van der Waals surface area contributed by atoms with Crippen molar-refractivity contribution < 1.29 is 23.8 Å². The van der Waals surface area contributed by atoms with Crippen molar-refractivity contribution in [1.82, 2.24) is 0 Å². The first kappa shape index (κ1) is 23.6. The Labute approximate surface area is 167 Å². The van der Waals surface area contributed by atoms with Gasteiger partial charge >= 0.3 is 5.97 Å². The van der Waals surface area contributed by atoms with Crippen LogP contribution in [-0.2, 0) is 20.7 Å². The highest BCUT2D eigenvalue weighted by molar-refractivity contribution is 5.69. The van der Waals surface area contributed by atoms with Crippen LogP contribution in [0.1, 0.15) is 38.7 Å². The highest BCUT2D eigenvalue weighted by atomic mass is 19.1. The predicted molar refractivity (Wildman–Crippen MR) is 109 cm³/mol. The molecule has 2 rings (SSSR count). The highest BCUT2D eigenvalue weighted by Crippen LogP contribution is 2.20. The van der Waals surface area contributed by atoms with E-state index in [0.717, 1.165) is 24.8 Å². The lowest BCUT2D eigenvalue weighted by molar-refractivity contribution is -0.148. The smallest absolute Gasteiger partial charge is 0.305 e. The molecule has 0 radical (unpaired) electrons. The number of methoxy groups -OCH3 is 1. The topological polar surface area (TPSA) is 55.8 Å². The lowest BCUT2D eigenvalue weighted by atomic mass is 9.91. The zero-order valence-corrected chi connectivity index (χ0v) is 16.9. The molecule has 0 aliphatic carbocycles. The van der Waals surface area contributed by atoms with Crippen LogP contribution < -0.4 is 0 Å². The van der Waals surface area contributed by atoms with E-state index in [9.17, 15) is 9.18 Å². The van der Waals surface area contributed by atoms with Gasteiger partial charge in [0.25, 0.3) is 0 Å². The van der Waals surface area contributed by atoms with E-state index in [1.807, 2.05) is 13.0 Å². The van der Waals surface area contributed by atoms with E-state index in [1.165, 1.54) is 12.1 Å². The molecule has 28 heavy (non-hydrogen) atoms. The van der Waals surface area contributed by atoms with Crippen molar-refractivity contribution in [3.05, 3.63) is 66.0 Å². The standard InChI is InChI=1S/C17H25FO3.C6H6O/c1-4-17(19)21-13(2)11-15(9-10-20-3)12-14-5-7-16(18)8-6-14;7-6-4-2-1-3-5-6/h5-8,13,15H,4,9-12H2,1-3H3;1-5,7H. The number of rotatable bonds is 9. The molecule has 0 fully saturated rings. The minimum absolute atomic E-state index is 0.111. The summed E-state index contributed by atoms with van der Waals surface area (Å²) < 4.78 is 23.4. The monoisotopic (exact) mass is 390 g/mol. The number of carbonyl (C=O) groups excluding carboxylic acids is 1. The second-order valence-electron chi connectivity index (χ2n) is 6.70. The fraction of sp³-hybridized carbons (Fsp3) is 0.435. The van der Waals surface area contributed by atoms with E-state index < -0.39 is 0 Å². The van der Waals surface area contributed by atoms with E-state index in [-0.39, 0.29) is 17.9 Å². The number of halogens is 1. The van der Waals surface area contributed by atoms with Gasteiger partial charge in [0.2, 0.25) is 0 Å². The van der Waals surface area contributed by atoms with Gasteiger partial charge in [0.15, 0.2) is 0 Å². The largest absolute Gasteiger partial charge is 0.508 e. The van der Waals surface area contributed by atoms with Crippen LogP contribution in [0.2, 0.25) is 0 Å². The predicted octanol–water partition coefficient (Wildman–Crippen LogP) is 5.14. The molecule has 0 aliphatic heterocycles. The molecule has 0 bridgehead atoms. The number of ether oxygens (including phenoxy) is 2. The SMILES string of the molecule is CCC(=O)OC(C)CC(CCOC)Cc1ccc(F)cc1.Oc1ccccc1. The number of phenols is 1. The van der Waals surface area contributed by atoms with E-state index in [4.69, 9.17) is 14.6 Å². The maximum absolute atomic E-state index is 12.9. The van der Waals surface area contributed by atoms with Gasteiger partial charge in [-0.15, -0.1) is 0 Å². The third kappa shape index (κ3) is 10.7. The van der Waals surface area contributed by atoms with Crippen molar-refractivity contribution in [2.45, 2.75) is 45.6 Å². The molecular formula is C23H31FO4. The first-order chi connectivity index (χ1) is 13.4. The Morgan fingerprint density at radius 3 is 2.25 bits per heavy atom. The Bertz CT molecular complexity index is 658. The second-order valence-corrected chi connectivity index (χ2v) is 6.70. The Morgan fingerprint density at radius 2 is 1.75 bits per heavy atom. The molecule has 2 unspecified atom stereocenters. The van der Waals surface area contributed by atoms with E-state index >= 15 is 0 Å². The fourth-order valence-corrected chi connectivity index (χ4v) is 2.79. The molecule has 2 atom stereocenters. The van der Waals surface area contributed by atoms with Gasteiger partial charge in [-0.3, -0.25) is 4.79 Å². The quantitative estimate of drug-likeness (QED) is 0.602. The number of aromatic hydroxyl groups is 1. The zero-order chi connectivity index (χ0) is 20.8. The average Bonchev–Trinajstić information content (AvgIpc) is 2.68. The van der Waals surface area contributed by atoms with Gasteiger partial charge in [-0.25, -0.2) is 4.39 Å². The minimum atomic E-state index is -0.225. The van der Waals surface area contributed by atoms with Gasteiger partial charge in [-0.2, -0.15) is 0 Å². The molecular weight excluding hydrogens is 359 g/mol. The van der Waals surface area contributed by atoms with Crippen LogP contribution in [0.5, 0.6) is 5.75 Å². The first-order valence-electron chi connectivity index (χ1n) is 9.61. The Morgan fingerprint density at radius 1 is 1.11 bits per heavy atom. The zero-order valence-electron chi connectivity index (χ0n) is 16.9. The number of para-hydroxylation sites is 1. The van der Waals surface area contributed by atoms with Crippen molar-refractivity contribution in [3.8, 4) is 5.75 Å². The van der Waals surface area contributed by atoms with Gasteiger partial charge in [-0.05, 0) is 61.9 Å². The molecule has 0 spiro atoms. The summed E-state index contributed by atoms with van der Waals surface area (Å²) in [5.74, 6) is 0.268. The summed E-state index contributed by atoms with van der Waals surface area (Å²) in [4.78, 5) is 11.3. The first-order valence-corrected chi connectivity index (χ1v) is 9.61. The number of hydrogen-bond donors (Lipinski definition) is 1. The van der Waals surface area contributed by atoms with Crippen LogP contribution in [0.15, 0.2) is 54.6 Å². The molecule has 1 N–H and O–H groups in total. The molecule has 0 heterocycles. The number of esters is 1. The van der Waals surface area contributed by atoms with E-state index in [2.05, 4.69) is 0 Å². The summed E-state index contributed by atoms with van der Waals surface area (Å²) in [5.41, 5.74) is 1.09. The molecule has 0 amide bonds. The van der Waals surface area contributed by atoms with Crippen molar-refractivity contribution >= 4 is 5.97 Å². The number of carbonyl (C=O) groups is 1. The molecule has 0 saturated carbocycles. The van der Waals surface area contributed by atoms with E-state index in [1.54, 1.807) is 50.4 Å². The van der Waals surface area contributed by atoms with Crippen LogP contribution in [-0.4, -0.2) is 30.9 Å². The number of benzene rings is 2. The second kappa shape index (κ2) is 13.7.